The Kier molecular flexibility index (Phi) is 25.5. The average molecular weight is 1370 g/mol. The number of nitrogens with zero attached hydrogens (tertiary/aromatic N) is 7. The van der Waals surface area contributed by atoms with Crippen molar-refractivity contribution in [3.8, 4) is 22.5 Å². The Morgan fingerprint density at radius 3 is 1.42 bits per heavy atom. The maximum absolute atomic E-state index is 13.8. The van der Waals surface area contributed by atoms with Gasteiger partial charge in [0.15, 0.2) is 12.0 Å². The highest BCUT2D eigenvalue weighted by Gasteiger charge is 2.25. The maximum Gasteiger partial charge on any atom is 0.407 e. The first kappa shape index (κ1) is 70.2. The summed E-state index contributed by atoms with van der Waals surface area (Å²) in [5, 5.41) is 12.3. The number of nitrogens with two attached hydrogens (primary N) is 1. The van der Waals surface area contributed by atoms with Gasteiger partial charge < -0.3 is 45.9 Å². The molecule has 0 spiro atoms. The normalized spacial score (nSPS) is 11.7. The van der Waals surface area contributed by atoms with Crippen LogP contribution in [0.3, 0.4) is 0 Å². The van der Waals surface area contributed by atoms with Gasteiger partial charge in [0.1, 0.15) is 28.3 Å². The number of nitrogen functional groups attached to an aromatic ring is 1. The van der Waals surface area contributed by atoms with Crippen molar-refractivity contribution in [2.24, 2.45) is 19.1 Å². The Labute approximate surface area is 543 Å². The number of halogens is 2. The van der Waals surface area contributed by atoms with Gasteiger partial charge in [-0.25, -0.2) is 34.1 Å². The lowest BCUT2D eigenvalue weighted by molar-refractivity contribution is 0.0495. The number of aliphatic imine (C=N–C) groups is 1. The average Bonchev–Trinajstić information content (AvgIpc) is 0.858. The van der Waals surface area contributed by atoms with Gasteiger partial charge in [-0.1, -0.05) is 84.9 Å². The molecule has 0 aliphatic heterocycles. The number of ether oxygens (including phenoxy) is 4. The van der Waals surface area contributed by atoms with Crippen molar-refractivity contribution >= 4 is 91.8 Å². The van der Waals surface area contributed by atoms with Crippen molar-refractivity contribution in [2.75, 3.05) is 43.7 Å². The van der Waals surface area contributed by atoms with Crippen molar-refractivity contribution in [1.82, 2.24) is 39.7 Å². The lowest BCUT2D eigenvalue weighted by Crippen LogP contribution is -2.44. The summed E-state index contributed by atoms with van der Waals surface area (Å²) >= 11 is 6.56. The van der Waals surface area contributed by atoms with Gasteiger partial charge in [-0.15, -0.1) is 0 Å². The number of benzene rings is 4. The summed E-state index contributed by atoms with van der Waals surface area (Å²) in [6.07, 6.45) is 8.49. The topological polar surface area (TPSA) is 304 Å². The van der Waals surface area contributed by atoms with Crippen LogP contribution in [0.5, 0.6) is 0 Å². The molecule has 0 bridgehead atoms. The third kappa shape index (κ3) is 20.9. The molecule has 0 fully saturated rings. The molecule has 2 atom stereocenters. The number of pyridine rings is 2. The molecule has 476 valence electrons. The predicted octanol–water partition coefficient (Wildman–Crippen LogP) is 10.7. The van der Waals surface area contributed by atoms with E-state index in [-0.39, 0.29) is 46.6 Å². The minimum absolute atomic E-state index is 0.0574. The highest BCUT2D eigenvalue weighted by molar-refractivity contribution is 9.10. The van der Waals surface area contributed by atoms with Crippen LogP contribution in [0, 0.1) is 0 Å². The molecular formula is C66H72Br2N12O11. The molecule has 6 N–H and O–H groups in total. The highest BCUT2D eigenvalue weighted by atomic mass is 79.9. The van der Waals surface area contributed by atoms with Crippen molar-refractivity contribution in [3.63, 3.8) is 0 Å². The van der Waals surface area contributed by atoms with Gasteiger partial charge in [-0.2, -0.15) is 0 Å². The number of amides is 2. The van der Waals surface area contributed by atoms with Crippen LogP contribution in [0.2, 0.25) is 0 Å². The van der Waals surface area contributed by atoms with E-state index in [1.165, 1.54) is 29.6 Å². The Morgan fingerprint density at radius 2 is 0.989 bits per heavy atom. The number of hydrogen-bond donors (Lipinski definition) is 5. The Morgan fingerprint density at radius 1 is 0.582 bits per heavy atom. The summed E-state index contributed by atoms with van der Waals surface area (Å²) in [5.74, 6) is -0.457. The molecule has 4 aromatic carbocycles. The second kappa shape index (κ2) is 33.1. The number of aldehydes is 1. The first-order valence-electron chi connectivity index (χ1n) is 28.4. The molecule has 91 heavy (non-hydrogen) atoms. The summed E-state index contributed by atoms with van der Waals surface area (Å²) in [7, 11) is 5.75. The van der Waals surface area contributed by atoms with E-state index in [1.807, 2.05) is 81.4 Å². The third-order valence-electron chi connectivity index (χ3n) is 12.9. The largest absolute Gasteiger partial charge is 0.465 e. The van der Waals surface area contributed by atoms with Crippen molar-refractivity contribution in [3.05, 3.63) is 209 Å². The van der Waals surface area contributed by atoms with Gasteiger partial charge in [-0.05, 0) is 134 Å². The molecule has 4 heterocycles. The van der Waals surface area contributed by atoms with E-state index in [4.69, 9.17) is 24.9 Å². The zero-order valence-corrected chi connectivity index (χ0v) is 55.1. The van der Waals surface area contributed by atoms with Crippen LogP contribution in [-0.4, -0.2) is 116 Å². The molecule has 0 saturated heterocycles. The van der Waals surface area contributed by atoms with E-state index in [2.05, 4.69) is 77.8 Å². The second-order valence-electron chi connectivity index (χ2n) is 22.1. The number of esters is 2. The number of hydrogen-bond acceptors (Lipinski definition) is 19. The predicted molar refractivity (Wildman–Crippen MR) is 357 cm³/mol. The van der Waals surface area contributed by atoms with Crippen LogP contribution < -0.4 is 38.1 Å². The molecule has 0 aliphatic carbocycles. The smallest absolute Gasteiger partial charge is 0.407 e. The summed E-state index contributed by atoms with van der Waals surface area (Å²) in [4.78, 5) is 108. The zero-order valence-electron chi connectivity index (χ0n) is 51.9. The zero-order chi connectivity index (χ0) is 66.4. The highest BCUT2D eigenvalue weighted by Crippen LogP contribution is 2.28. The van der Waals surface area contributed by atoms with E-state index in [9.17, 15) is 33.6 Å². The van der Waals surface area contributed by atoms with E-state index in [1.54, 1.807) is 120 Å². The summed E-state index contributed by atoms with van der Waals surface area (Å²) in [6, 6.07) is 35.9. The van der Waals surface area contributed by atoms with Crippen LogP contribution in [0.25, 0.3) is 22.5 Å². The quantitative estimate of drug-likeness (QED) is 0.0217. The SMILES string of the molecule is COC(=O)c1c(Br)cccc1C=Nc1c(-c2ccncc2)nc(NC[C@H](Cc2ccccc2)NC(=O)OC(C)(C)C)n(C)c1=O.COC(=O)c1c(Br)cccc1C=O.Cn1c(NC[C@H](Cc2ccccc2)NC(=O)OC(C)(C)C)nc(-c2ccncc2)c(N)c1=O. The third-order valence-corrected chi connectivity index (χ3v) is 14.3. The van der Waals surface area contributed by atoms with Gasteiger partial charge in [0, 0.05) is 89.4 Å². The van der Waals surface area contributed by atoms with Gasteiger partial charge in [0.05, 0.1) is 37.4 Å². The number of alkyl carbamates (subject to hydrolysis) is 2. The van der Waals surface area contributed by atoms with Crippen molar-refractivity contribution in [2.45, 2.75) is 77.7 Å². The van der Waals surface area contributed by atoms with Crippen molar-refractivity contribution in [1.29, 1.82) is 0 Å². The Hall–Kier alpha value is -9.88. The van der Waals surface area contributed by atoms with Gasteiger partial charge in [0.2, 0.25) is 11.9 Å². The van der Waals surface area contributed by atoms with Gasteiger partial charge in [0.25, 0.3) is 11.1 Å². The van der Waals surface area contributed by atoms with E-state index >= 15 is 0 Å². The Bertz CT molecular complexity index is 3960. The molecule has 23 nitrogen and oxygen atoms in total. The number of carbonyl (C=O) groups excluding carboxylic acids is 5. The van der Waals surface area contributed by atoms with Gasteiger partial charge in [-0.3, -0.25) is 33.5 Å². The molecule has 25 heteroatoms. The number of rotatable bonds is 19. The molecular weight excluding hydrogens is 1300 g/mol. The monoisotopic (exact) mass is 1370 g/mol. The summed E-state index contributed by atoms with van der Waals surface area (Å²) < 4.78 is 24.2. The minimum Gasteiger partial charge on any atom is -0.465 e. The van der Waals surface area contributed by atoms with Crippen molar-refractivity contribution < 1.29 is 42.9 Å². The molecule has 4 aromatic heterocycles. The molecule has 0 aliphatic rings. The van der Waals surface area contributed by atoms with E-state index in [0.29, 0.717) is 74.2 Å². The number of anilines is 3. The lowest BCUT2D eigenvalue weighted by Gasteiger charge is -2.24. The fraction of sp³-hybridized carbons (Fsp3) is 0.273. The second-order valence-corrected chi connectivity index (χ2v) is 23.8. The van der Waals surface area contributed by atoms with E-state index in [0.717, 1.165) is 11.1 Å². The lowest BCUT2D eigenvalue weighted by atomic mass is 10.1. The fourth-order valence-electron chi connectivity index (χ4n) is 8.66. The summed E-state index contributed by atoms with van der Waals surface area (Å²) in [5.41, 5.74) is 9.50. The minimum atomic E-state index is -0.663. The summed E-state index contributed by atoms with van der Waals surface area (Å²) in [6.45, 7) is 11.4. The van der Waals surface area contributed by atoms with Crippen LogP contribution >= 0.6 is 31.9 Å². The first-order chi connectivity index (χ1) is 43.3. The number of aromatic nitrogens is 6. The maximum atomic E-state index is 13.8. The van der Waals surface area contributed by atoms with E-state index < -0.39 is 46.9 Å². The van der Waals surface area contributed by atoms with Crippen LogP contribution in [-0.2, 0) is 45.9 Å². The number of carbonyl (C=O) groups is 5. The molecule has 0 saturated carbocycles. The Balaban J connectivity index is 0.000000249. The fourth-order valence-corrected chi connectivity index (χ4v) is 9.75. The number of methoxy groups -OCH3 is 2. The molecule has 0 radical (unpaired) electrons. The molecule has 8 aromatic rings. The van der Waals surface area contributed by atoms with Crippen LogP contribution in [0.15, 0.2) is 170 Å². The molecule has 0 unspecified atom stereocenters. The van der Waals surface area contributed by atoms with Crippen LogP contribution in [0.1, 0.15) is 89.3 Å². The van der Waals surface area contributed by atoms with Gasteiger partial charge >= 0.3 is 24.1 Å². The first-order valence-corrected chi connectivity index (χ1v) is 30.0. The number of nitrogens with one attached hydrogen (secondary N) is 4. The molecule has 2 amide bonds. The standard InChI is InChI=1S/C33H35BrN6O5.C24H30N6O3.C9H7BrO3/c1-33(2,3)45-32(43)38-24(18-21-10-7-6-8-11-21)20-37-31-39-27(22-14-16-35-17-15-22)28(29(41)40(31)4)36-19-23-12-9-13-25(34)26(23)30(42)44-5;1-24(2,3)33-23(32)28-18(14-16-8-6-5-7-9-16)15-27-22-29-20(17-10-12-26-13-11-17)19(25)21(31)30(22)4;1-13-9(12)8-6(5-11)3-2-4-7(8)10/h6-17,19,24H,18,20H2,1-5H3,(H,37,39)(H,38,43);5-13,18H,14-15,25H2,1-4H3,(H,27,29)(H,28,32);2-5H,1H3/t24-;18-;/m00./s1. The molecule has 8 rings (SSSR count). The van der Waals surface area contributed by atoms with Crippen LogP contribution in [0.4, 0.5) is 32.9 Å².